The van der Waals surface area contributed by atoms with Crippen LogP contribution in [0.2, 0.25) is 5.02 Å². The minimum absolute atomic E-state index is 0.0229. The second-order valence-electron chi connectivity index (χ2n) is 8.76. The van der Waals surface area contributed by atoms with Crippen LogP contribution >= 0.6 is 23.4 Å². The highest BCUT2D eigenvalue weighted by Crippen LogP contribution is 2.29. The number of halogens is 1. The third-order valence-corrected chi connectivity index (χ3v) is 7.37. The van der Waals surface area contributed by atoms with Crippen LogP contribution in [0.5, 0.6) is 0 Å². The van der Waals surface area contributed by atoms with E-state index in [4.69, 9.17) is 11.6 Å². The van der Waals surface area contributed by atoms with Gasteiger partial charge in [-0.15, -0.1) is 10.2 Å². The van der Waals surface area contributed by atoms with Crippen molar-refractivity contribution >= 4 is 29.3 Å². The van der Waals surface area contributed by atoms with E-state index >= 15 is 0 Å². The fourth-order valence-corrected chi connectivity index (χ4v) is 5.26. The highest BCUT2D eigenvalue weighted by molar-refractivity contribution is 7.99. The number of aromatic nitrogens is 3. The summed E-state index contributed by atoms with van der Waals surface area (Å²) in [5.41, 5.74) is 4.04. The Morgan fingerprint density at radius 2 is 1.37 bits per heavy atom. The van der Waals surface area contributed by atoms with Crippen molar-refractivity contribution in [2.24, 2.45) is 0 Å². The van der Waals surface area contributed by atoms with Gasteiger partial charge in [-0.3, -0.25) is 9.36 Å². The quantitative estimate of drug-likeness (QED) is 0.149. The number of carbonyl (C=O) groups is 1. The Morgan fingerprint density at radius 1 is 0.789 bits per heavy atom. The first-order valence-electron chi connectivity index (χ1n) is 12.5. The summed E-state index contributed by atoms with van der Waals surface area (Å²) in [5, 5.41) is 13.6. The van der Waals surface area contributed by atoms with Gasteiger partial charge in [0.2, 0.25) is 5.91 Å². The zero-order valence-corrected chi connectivity index (χ0v) is 22.3. The fraction of sp³-hybridized carbons (Fsp3) is 0.129. The van der Waals surface area contributed by atoms with Gasteiger partial charge in [0.25, 0.3) is 0 Å². The van der Waals surface area contributed by atoms with E-state index in [0.29, 0.717) is 17.9 Å². The molecule has 5 aromatic rings. The van der Waals surface area contributed by atoms with Crippen LogP contribution in [0.1, 0.15) is 30.0 Å². The Balaban J connectivity index is 1.25. The van der Waals surface area contributed by atoms with Crippen molar-refractivity contribution in [1.82, 2.24) is 20.1 Å². The van der Waals surface area contributed by atoms with Crippen molar-refractivity contribution in [3.63, 3.8) is 0 Å². The number of benzene rings is 4. The van der Waals surface area contributed by atoms with Crippen LogP contribution in [0, 0.1) is 0 Å². The summed E-state index contributed by atoms with van der Waals surface area (Å²) in [5.74, 6) is 1.51. The molecule has 1 heterocycles. The van der Waals surface area contributed by atoms with Crippen LogP contribution in [-0.4, -0.2) is 26.4 Å². The lowest BCUT2D eigenvalue weighted by atomic mass is 9.98. The molecule has 1 amide bonds. The maximum atomic E-state index is 13.0. The number of hydrogen-bond donors (Lipinski definition) is 1. The van der Waals surface area contributed by atoms with Crippen LogP contribution in [0.25, 0.3) is 17.1 Å². The van der Waals surface area contributed by atoms with Crippen molar-refractivity contribution in [2.75, 3.05) is 5.75 Å². The maximum Gasteiger partial charge on any atom is 0.220 e. The molecule has 5 rings (SSSR count). The van der Waals surface area contributed by atoms with E-state index in [-0.39, 0.29) is 11.9 Å². The van der Waals surface area contributed by atoms with Gasteiger partial charge in [0.05, 0.1) is 6.04 Å². The first kappa shape index (κ1) is 25.8. The summed E-state index contributed by atoms with van der Waals surface area (Å²) in [7, 11) is 0. The van der Waals surface area contributed by atoms with Gasteiger partial charge < -0.3 is 5.32 Å². The molecule has 0 saturated carbocycles. The molecule has 0 aliphatic rings. The average Bonchev–Trinajstić information content (AvgIpc) is 3.39. The van der Waals surface area contributed by atoms with Gasteiger partial charge >= 0.3 is 0 Å². The Morgan fingerprint density at radius 3 is 1.97 bits per heavy atom. The van der Waals surface area contributed by atoms with Crippen LogP contribution < -0.4 is 5.32 Å². The smallest absolute Gasteiger partial charge is 0.220 e. The summed E-state index contributed by atoms with van der Waals surface area (Å²) < 4.78 is 2.05. The SMILES string of the molecule is O=C(CCCSc1nnc(-c2ccc(Cl)cc2)n1-c1ccccc1)NC(c1ccccc1)c1ccccc1. The van der Waals surface area contributed by atoms with Crippen LogP contribution in [0.4, 0.5) is 0 Å². The molecule has 0 aliphatic carbocycles. The Hall–Kier alpha value is -3.87. The van der Waals surface area contributed by atoms with E-state index in [0.717, 1.165) is 39.1 Å². The number of hydrogen-bond acceptors (Lipinski definition) is 4. The van der Waals surface area contributed by atoms with Gasteiger partial charge in [0.1, 0.15) is 0 Å². The highest BCUT2D eigenvalue weighted by atomic mass is 35.5. The second kappa shape index (κ2) is 12.6. The minimum Gasteiger partial charge on any atom is -0.345 e. The van der Waals surface area contributed by atoms with E-state index in [1.165, 1.54) is 0 Å². The molecule has 4 aromatic carbocycles. The summed E-state index contributed by atoms with van der Waals surface area (Å²) in [6.45, 7) is 0. The summed E-state index contributed by atoms with van der Waals surface area (Å²) in [6.07, 6.45) is 1.14. The Bertz CT molecular complexity index is 1420. The van der Waals surface area contributed by atoms with E-state index in [1.54, 1.807) is 11.8 Å². The number of nitrogens with zero attached hydrogens (tertiary/aromatic N) is 3. The lowest BCUT2D eigenvalue weighted by molar-refractivity contribution is -0.121. The molecule has 5 nitrogen and oxygen atoms in total. The molecule has 0 unspecified atom stereocenters. The van der Waals surface area contributed by atoms with Crippen molar-refractivity contribution in [1.29, 1.82) is 0 Å². The summed E-state index contributed by atoms with van der Waals surface area (Å²) in [4.78, 5) is 13.0. The van der Waals surface area contributed by atoms with Crippen molar-refractivity contribution in [2.45, 2.75) is 24.0 Å². The number of rotatable bonds is 10. The molecule has 7 heteroatoms. The first-order valence-corrected chi connectivity index (χ1v) is 13.8. The van der Waals surface area contributed by atoms with E-state index in [9.17, 15) is 4.79 Å². The highest BCUT2D eigenvalue weighted by Gasteiger charge is 2.18. The zero-order valence-electron chi connectivity index (χ0n) is 20.7. The van der Waals surface area contributed by atoms with Gasteiger partial charge in [-0.2, -0.15) is 0 Å². The molecular weight excluding hydrogens is 512 g/mol. The number of carbonyl (C=O) groups excluding carboxylic acids is 1. The van der Waals surface area contributed by atoms with Gasteiger partial charge in [0.15, 0.2) is 11.0 Å². The molecule has 0 radical (unpaired) electrons. The molecule has 1 aromatic heterocycles. The Labute approximate surface area is 231 Å². The van der Waals surface area contributed by atoms with Crippen LogP contribution in [0.15, 0.2) is 120 Å². The number of amides is 1. The van der Waals surface area contributed by atoms with Gasteiger partial charge in [-0.25, -0.2) is 0 Å². The van der Waals surface area contributed by atoms with Gasteiger partial charge in [-0.05, 0) is 53.9 Å². The predicted molar refractivity (Wildman–Crippen MR) is 155 cm³/mol. The molecule has 190 valence electrons. The van der Waals surface area contributed by atoms with Crippen molar-refractivity contribution < 1.29 is 4.79 Å². The molecule has 0 aliphatic heterocycles. The summed E-state index contributed by atoms with van der Waals surface area (Å²) >= 11 is 7.69. The average molecular weight is 539 g/mol. The van der Waals surface area contributed by atoms with E-state index < -0.39 is 0 Å². The molecule has 1 N–H and O–H groups in total. The fourth-order valence-electron chi connectivity index (χ4n) is 4.24. The molecule has 0 fully saturated rings. The summed E-state index contributed by atoms with van der Waals surface area (Å²) in [6, 6.07) is 37.6. The number of nitrogens with one attached hydrogen (secondary N) is 1. The largest absolute Gasteiger partial charge is 0.345 e. The standard InChI is InChI=1S/C31H27ClN4OS/c32-26-20-18-25(19-21-26)30-34-35-31(36(30)27-15-8-3-9-16-27)38-22-10-17-28(37)33-29(23-11-4-1-5-12-23)24-13-6-2-7-14-24/h1-9,11-16,18-21,29H,10,17,22H2,(H,33,37). The first-order chi connectivity index (χ1) is 18.7. The van der Waals surface area contributed by atoms with Crippen LogP contribution in [0.3, 0.4) is 0 Å². The lowest BCUT2D eigenvalue weighted by Gasteiger charge is -2.20. The third-order valence-electron chi connectivity index (χ3n) is 6.10. The molecule has 0 atom stereocenters. The molecule has 0 spiro atoms. The number of para-hydroxylation sites is 1. The topological polar surface area (TPSA) is 59.8 Å². The number of thioether (sulfide) groups is 1. The van der Waals surface area contributed by atoms with E-state index in [1.807, 2.05) is 115 Å². The molecule has 0 saturated heterocycles. The van der Waals surface area contributed by atoms with Gasteiger partial charge in [-0.1, -0.05) is 102 Å². The minimum atomic E-state index is -0.180. The lowest BCUT2D eigenvalue weighted by Crippen LogP contribution is -2.29. The van der Waals surface area contributed by atoms with Gasteiger partial charge in [0, 0.05) is 28.4 Å². The van der Waals surface area contributed by atoms with Crippen LogP contribution in [-0.2, 0) is 4.79 Å². The molecular formula is C31H27ClN4OS. The monoisotopic (exact) mass is 538 g/mol. The van der Waals surface area contributed by atoms with Crippen molar-refractivity contribution in [3.8, 4) is 17.1 Å². The second-order valence-corrected chi connectivity index (χ2v) is 10.3. The molecule has 38 heavy (non-hydrogen) atoms. The van der Waals surface area contributed by atoms with E-state index in [2.05, 4.69) is 20.1 Å². The molecule has 0 bridgehead atoms. The predicted octanol–water partition coefficient (Wildman–Crippen LogP) is 7.37. The maximum absolute atomic E-state index is 13.0. The zero-order chi connectivity index (χ0) is 26.2. The third kappa shape index (κ3) is 6.33. The van der Waals surface area contributed by atoms with Crippen molar-refractivity contribution in [3.05, 3.63) is 131 Å². The Kier molecular flexibility index (Phi) is 8.53. The normalized spacial score (nSPS) is 11.0.